The highest BCUT2D eigenvalue weighted by molar-refractivity contribution is 5.13. The number of nitrogens with one attached hydrogen (secondary N) is 1. The molecule has 1 N–H and O–H groups in total. The van der Waals surface area contributed by atoms with Gasteiger partial charge in [0.15, 0.2) is 0 Å². The third-order valence-electron chi connectivity index (χ3n) is 2.97. The van der Waals surface area contributed by atoms with E-state index in [0.29, 0.717) is 5.92 Å². The Morgan fingerprint density at radius 1 is 1.42 bits per heavy atom. The fraction of sp³-hybridized carbons (Fsp3) is 0.889. The molecule has 0 aromatic carbocycles. The Balaban J connectivity index is 2.06. The quantitative estimate of drug-likeness (QED) is 0.622. The average Bonchev–Trinajstić information content (AvgIpc) is 2.03. The lowest BCUT2D eigenvalue weighted by molar-refractivity contribution is -0.0705. The number of hydrogen-bond donors (Lipinski definition) is 1. The fourth-order valence-corrected chi connectivity index (χ4v) is 1.98. The van der Waals surface area contributed by atoms with Crippen LogP contribution in [0.25, 0.3) is 0 Å². The normalized spacial score (nSPS) is 36.9. The van der Waals surface area contributed by atoms with Gasteiger partial charge in [-0.2, -0.15) is 5.26 Å². The lowest BCUT2D eigenvalue weighted by atomic mass is 9.77. The van der Waals surface area contributed by atoms with Crippen LogP contribution in [0.1, 0.15) is 19.3 Å². The number of nitriles is 1. The lowest BCUT2D eigenvalue weighted by Gasteiger charge is -2.43. The van der Waals surface area contributed by atoms with Gasteiger partial charge in [0, 0.05) is 5.92 Å². The Labute approximate surface area is 72.7 Å². The van der Waals surface area contributed by atoms with Crippen LogP contribution in [0.5, 0.6) is 0 Å². The van der Waals surface area contributed by atoms with Crippen LogP contribution in [0.3, 0.4) is 0 Å². The van der Waals surface area contributed by atoms with Gasteiger partial charge in [0.05, 0.1) is 19.3 Å². The summed E-state index contributed by atoms with van der Waals surface area (Å²) in [7, 11) is 0. The molecule has 12 heavy (non-hydrogen) atoms. The Kier molecular flexibility index (Phi) is 2.03. The van der Waals surface area contributed by atoms with E-state index in [4.69, 9.17) is 10.00 Å². The molecule has 2 heterocycles. The molecule has 2 aliphatic rings. The molecule has 2 fully saturated rings. The molecule has 0 radical (unpaired) electrons. The highest BCUT2D eigenvalue weighted by Crippen LogP contribution is 2.31. The van der Waals surface area contributed by atoms with Crippen molar-refractivity contribution < 1.29 is 4.74 Å². The Bertz CT molecular complexity index is 199. The van der Waals surface area contributed by atoms with Crippen molar-refractivity contribution >= 4 is 0 Å². The van der Waals surface area contributed by atoms with Crippen LogP contribution >= 0.6 is 0 Å². The van der Waals surface area contributed by atoms with Crippen molar-refractivity contribution in [2.75, 3.05) is 19.8 Å². The molecule has 0 aromatic heterocycles. The Hall–Kier alpha value is -0.590. The van der Waals surface area contributed by atoms with Crippen LogP contribution in [0.15, 0.2) is 0 Å². The molecule has 3 heteroatoms. The van der Waals surface area contributed by atoms with Gasteiger partial charge in [0.2, 0.25) is 0 Å². The van der Waals surface area contributed by atoms with E-state index in [1.54, 1.807) is 0 Å². The van der Waals surface area contributed by atoms with Crippen molar-refractivity contribution in [3.63, 3.8) is 0 Å². The second-order valence-electron chi connectivity index (χ2n) is 3.70. The van der Waals surface area contributed by atoms with Gasteiger partial charge in [0.1, 0.15) is 5.54 Å². The molecule has 66 valence electrons. The van der Waals surface area contributed by atoms with Gasteiger partial charge >= 0.3 is 0 Å². The third-order valence-corrected chi connectivity index (χ3v) is 2.97. The molecular weight excluding hydrogens is 152 g/mol. The predicted octanol–water partition coefficient (Wildman–Crippen LogP) is 0.669. The lowest BCUT2D eigenvalue weighted by Crippen LogP contribution is -2.58. The zero-order valence-corrected chi connectivity index (χ0v) is 7.18. The van der Waals surface area contributed by atoms with E-state index in [1.165, 1.54) is 12.8 Å². The second-order valence-corrected chi connectivity index (χ2v) is 3.70. The van der Waals surface area contributed by atoms with Crippen LogP contribution in [0, 0.1) is 17.2 Å². The van der Waals surface area contributed by atoms with Crippen LogP contribution < -0.4 is 5.32 Å². The van der Waals surface area contributed by atoms with E-state index in [1.807, 2.05) is 0 Å². The maximum atomic E-state index is 9.11. The van der Waals surface area contributed by atoms with E-state index >= 15 is 0 Å². The summed E-state index contributed by atoms with van der Waals surface area (Å²) >= 11 is 0. The number of hydrogen-bond acceptors (Lipinski definition) is 3. The molecule has 1 atom stereocenters. The fourth-order valence-electron chi connectivity index (χ4n) is 1.98. The summed E-state index contributed by atoms with van der Waals surface area (Å²) in [4.78, 5) is 0. The van der Waals surface area contributed by atoms with Crippen molar-refractivity contribution in [2.24, 2.45) is 5.92 Å². The summed E-state index contributed by atoms with van der Waals surface area (Å²) in [5.74, 6) is 0.433. The van der Waals surface area contributed by atoms with E-state index in [-0.39, 0.29) is 5.54 Å². The first-order chi connectivity index (χ1) is 5.87. The van der Waals surface area contributed by atoms with Gasteiger partial charge in [-0.25, -0.2) is 0 Å². The smallest absolute Gasteiger partial charge is 0.114 e. The molecule has 3 nitrogen and oxygen atoms in total. The second kappa shape index (κ2) is 3.04. The van der Waals surface area contributed by atoms with Gasteiger partial charge < -0.3 is 4.74 Å². The number of nitrogens with zero attached hydrogens (tertiary/aromatic N) is 1. The van der Waals surface area contributed by atoms with Gasteiger partial charge in [-0.05, 0) is 25.8 Å². The average molecular weight is 166 g/mol. The summed E-state index contributed by atoms with van der Waals surface area (Å²) in [5.41, 5.74) is -0.253. The highest BCUT2D eigenvalue weighted by Gasteiger charge is 2.43. The number of ether oxygens (including phenoxy) is 1. The van der Waals surface area contributed by atoms with E-state index in [2.05, 4.69) is 11.4 Å². The summed E-state index contributed by atoms with van der Waals surface area (Å²) in [6.45, 7) is 2.52. The summed E-state index contributed by atoms with van der Waals surface area (Å²) in [6.07, 6.45) is 3.38. The zero-order valence-electron chi connectivity index (χ0n) is 7.18. The van der Waals surface area contributed by atoms with Crippen molar-refractivity contribution in [2.45, 2.75) is 24.8 Å². The Morgan fingerprint density at radius 2 is 2.25 bits per heavy atom. The largest absolute Gasteiger partial charge is 0.380 e. The minimum absolute atomic E-state index is 0.253. The van der Waals surface area contributed by atoms with Crippen molar-refractivity contribution in [3.05, 3.63) is 0 Å². The van der Waals surface area contributed by atoms with Gasteiger partial charge in [-0.1, -0.05) is 0 Å². The topological polar surface area (TPSA) is 45.0 Å². The maximum absolute atomic E-state index is 9.11. The summed E-state index contributed by atoms with van der Waals surface area (Å²) in [5, 5.41) is 12.5. The molecule has 0 saturated carbocycles. The minimum atomic E-state index is -0.253. The van der Waals surface area contributed by atoms with E-state index < -0.39 is 0 Å². The van der Waals surface area contributed by atoms with Gasteiger partial charge in [-0.3, -0.25) is 5.32 Å². The maximum Gasteiger partial charge on any atom is 0.114 e. The predicted molar refractivity (Wildman–Crippen MR) is 44.5 cm³/mol. The monoisotopic (exact) mass is 166 g/mol. The SMILES string of the molecule is N#CC1(C2COC2)CCCCN1. The molecule has 2 saturated heterocycles. The first-order valence-corrected chi connectivity index (χ1v) is 4.61. The first-order valence-electron chi connectivity index (χ1n) is 4.61. The van der Waals surface area contributed by atoms with Crippen LogP contribution in [0.4, 0.5) is 0 Å². The minimum Gasteiger partial charge on any atom is -0.380 e. The number of piperidine rings is 1. The summed E-state index contributed by atoms with van der Waals surface area (Å²) in [6, 6.07) is 2.43. The molecule has 0 bridgehead atoms. The van der Waals surface area contributed by atoms with Gasteiger partial charge in [-0.15, -0.1) is 0 Å². The molecule has 0 spiro atoms. The summed E-state index contributed by atoms with van der Waals surface area (Å²) < 4.78 is 5.12. The van der Waals surface area contributed by atoms with Crippen molar-refractivity contribution in [1.82, 2.24) is 5.32 Å². The molecule has 0 aliphatic carbocycles. The third kappa shape index (κ3) is 1.12. The van der Waals surface area contributed by atoms with Crippen LogP contribution in [-0.2, 0) is 4.74 Å². The number of rotatable bonds is 1. The Morgan fingerprint density at radius 3 is 2.67 bits per heavy atom. The first kappa shape index (κ1) is 8.03. The molecule has 2 rings (SSSR count). The van der Waals surface area contributed by atoms with Crippen molar-refractivity contribution in [3.8, 4) is 6.07 Å². The highest BCUT2D eigenvalue weighted by atomic mass is 16.5. The molecule has 0 aromatic rings. The van der Waals surface area contributed by atoms with Crippen LogP contribution in [-0.4, -0.2) is 25.3 Å². The van der Waals surface area contributed by atoms with Crippen LogP contribution in [0.2, 0.25) is 0 Å². The molecule has 0 amide bonds. The van der Waals surface area contributed by atoms with Gasteiger partial charge in [0.25, 0.3) is 0 Å². The molecular formula is C9H14N2O. The molecule has 2 aliphatic heterocycles. The standard InChI is InChI=1S/C9H14N2O/c10-7-9(8-5-12-6-8)3-1-2-4-11-9/h8,11H,1-6H2. The van der Waals surface area contributed by atoms with E-state index in [9.17, 15) is 0 Å². The van der Waals surface area contributed by atoms with E-state index in [0.717, 1.165) is 26.2 Å². The molecule has 1 unspecified atom stereocenters. The van der Waals surface area contributed by atoms with Crippen molar-refractivity contribution in [1.29, 1.82) is 5.26 Å². The zero-order chi connectivity index (χ0) is 8.44.